The van der Waals surface area contributed by atoms with Crippen LogP contribution in [0, 0.1) is 11.3 Å². The van der Waals surface area contributed by atoms with Gasteiger partial charge in [0.2, 0.25) is 11.8 Å². The van der Waals surface area contributed by atoms with E-state index in [-0.39, 0.29) is 11.8 Å². The van der Waals surface area contributed by atoms with E-state index in [0.717, 1.165) is 16.2 Å². The van der Waals surface area contributed by atoms with Crippen LogP contribution in [0.15, 0.2) is 29.4 Å². The topological polar surface area (TPSA) is 82.2 Å². The lowest BCUT2D eigenvalue weighted by atomic mass is 10.3. The van der Waals surface area contributed by atoms with Crippen LogP contribution in [-0.4, -0.2) is 63.1 Å². The second-order valence-corrected chi connectivity index (χ2v) is 7.06. The highest BCUT2D eigenvalue weighted by Crippen LogP contribution is 2.24. The number of imidazole rings is 1. The molecule has 1 aromatic carbocycles. The second kappa shape index (κ2) is 8.23. The van der Waals surface area contributed by atoms with Gasteiger partial charge in [0.05, 0.1) is 29.3 Å². The Hall–Kier alpha value is -2.53. The molecular weight excluding hydrogens is 350 g/mol. The average Bonchev–Trinajstić information content (AvgIpc) is 3.02. The number of carbonyl (C=O) groups excluding carboxylic acids is 2. The Balaban J connectivity index is 1.65. The summed E-state index contributed by atoms with van der Waals surface area (Å²) in [4.78, 5) is 32.1. The SMILES string of the molecule is CC(=O)N1CCN(C(=O)CSc2nc3ccccc3n2CCC#N)CC1. The third kappa shape index (κ3) is 3.99. The van der Waals surface area contributed by atoms with Crippen molar-refractivity contribution >= 4 is 34.6 Å². The first-order chi connectivity index (χ1) is 12.6. The highest BCUT2D eigenvalue weighted by molar-refractivity contribution is 7.99. The number of amides is 2. The van der Waals surface area contributed by atoms with Gasteiger partial charge in [-0.25, -0.2) is 4.98 Å². The highest BCUT2D eigenvalue weighted by Gasteiger charge is 2.23. The molecule has 0 atom stereocenters. The lowest BCUT2D eigenvalue weighted by Crippen LogP contribution is -2.50. The van der Waals surface area contributed by atoms with Crippen molar-refractivity contribution in [2.75, 3.05) is 31.9 Å². The minimum absolute atomic E-state index is 0.0529. The number of hydrogen-bond acceptors (Lipinski definition) is 5. The molecule has 3 rings (SSSR count). The van der Waals surface area contributed by atoms with Gasteiger partial charge in [0.25, 0.3) is 0 Å². The molecule has 0 saturated carbocycles. The number of carbonyl (C=O) groups is 2. The maximum Gasteiger partial charge on any atom is 0.233 e. The standard InChI is InChI=1S/C18H21N5O2S/c1-14(24)21-9-11-22(12-10-21)17(25)13-26-18-20-15-5-2-3-6-16(15)23(18)8-4-7-19/h2-3,5-6H,4,8-13H2,1H3. The summed E-state index contributed by atoms with van der Waals surface area (Å²) in [5, 5.41) is 9.66. The predicted molar refractivity (Wildman–Crippen MR) is 99.5 cm³/mol. The van der Waals surface area contributed by atoms with Crippen LogP contribution in [-0.2, 0) is 16.1 Å². The molecule has 0 N–H and O–H groups in total. The molecule has 1 aliphatic heterocycles. The summed E-state index contributed by atoms with van der Waals surface area (Å²) >= 11 is 1.40. The number of piperazine rings is 1. The Kier molecular flexibility index (Phi) is 5.78. The molecule has 2 aromatic rings. The van der Waals surface area contributed by atoms with Crippen molar-refractivity contribution in [3.05, 3.63) is 24.3 Å². The number of para-hydroxylation sites is 2. The fraction of sp³-hybridized carbons (Fsp3) is 0.444. The summed E-state index contributed by atoms with van der Waals surface area (Å²) < 4.78 is 2.00. The number of aromatic nitrogens is 2. The van der Waals surface area contributed by atoms with Gasteiger partial charge in [-0.05, 0) is 12.1 Å². The monoisotopic (exact) mass is 371 g/mol. The van der Waals surface area contributed by atoms with E-state index in [4.69, 9.17) is 5.26 Å². The summed E-state index contributed by atoms with van der Waals surface area (Å²) in [5.41, 5.74) is 1.85. The molecule has 1 saturated heterocycles. The third-order valence-corrected chi connectivity index (χ3v) is 5.43. The van der Waals surface area contributed by atoms with E-state index in [1.807, 2.05) is 28.8 Å². The van der Waals surface area contributed by atoms with Crippen LogP contribution in [0.5, 0.6) is 0 Å². The molecule has 26 heavy (non-hydrogen) atoms. The average molecular weight is 371 g/mol. The maximum atomic E-state index is 12.5. The first kappa shape index (κ1) is 18.3. The van der Waals surface area contributed by atoms with Crippen molar-refractivity contribution in [1.82, 2.24) is 19.4 Å². The number of fused-ring (bicyclic) bond motifs is 1. The number of thioether (sulfide) groups is 1. The molecule has 0 unspecified atom stereocenters. The van der Waals surface area contributed by atoms with Crippen LogP contribution in [0.1, 0.15) is 13.3 Å². The summed E-state index contributed by atoms with van der Waals surface area (Å²) in [7, 11) is 0. The molecule has 1 aromatic heterocycles. The van der Waals surface area contributed by atoms with Crippen molar-refractivity contribution in [2.45, 2.75) is 25.0 Å². The Morgan fingerprint density at radius 1 is 1.19 bits per heavy atom. The van der Waals surface area contributed by atoms with Crippen LogP contribution < -0.4 is 0 Å². The van der Waals surface area contributed by atoms with E-state index >= 15 is 0 Å². The van der Waals surface area contributed by atoms with Crippen LogP contribution in [0.3, 0.4) is 0 Å². The number of benzene rings is 1. The van der Waals surface area contributed by atoms with Crippen molar-refractivity contribution in [1.29, 1.82) is 5.26 Å². The van der Waals surface area contributed by atoms with Crippen molar-refractivity contribution in [2.24, 2.45) is 0 Å². The predicted octanol–water partition coefficient (Wildman–Crippen LogP) is 1.73. The number of nitrogens with zero attached hydrogens (tertiary/aromatic N) is 5. The van der Waals surface area contributed by atoms with Crippen molar-refractivity contribution in [3.8, 4) is 6.07 Å². The minimum atomic E-state index is 0.0529. The molecule has 2 heterocycles. The van der Waals surface area contributed by atoms with E-state index in [1.54, 1.807) is 16.7 Å². The van der Waals surface area contributed by atoms with Gasteiger partial charge in [-0.1, -0.05) is 23.9 Å². The Bertz CT molecular complexity index is 849. The zero-order chi connectivity index (χ0) is 18.5. The number of nitriles is 1. The molecule has 0 aliphatic carbocycles. The molecule has 0 spiro atoms. The number of aryl methyl sites for hydroxylation is 1. The minimum Gasteiger partial charge on any atom is -0.339 e. The van der Waals surface area contributed by atoms with E-state index in [0.29, 0.717) is 44.9 Å². The fourth-order valence-electron chi connectivity index (χ4n) is 3.03. The molecular formula is C18H21N5O2S. The van der Waals surface area contributed by atoms with Gasteiger partial charge in [0, 0.05) is 39.6 Å². The lowest BCUT2D eigenvalue weighted by molar-refractivity contribution is -0.136. The van der Waals surface area contributed by atoms with Crippen LogP contribution >= 0.6 is 11.8 Å². The van der Waals surface area contributed by atoms with Gasteiger partial charge in [-0.3, -0.25) is 9.59 Å². The first-order valence-electron chi connectivity index (χ1n) is 8.58. The molecule has 0 radical (unpaired) electrons. The summed E-state index contributed by atoms with van der Waals surface area (Å²) in [5.74, 6) is 0.408. The number of rotatable bonds is 5. The van der Waals surface area contributed by atoms with Gasteiger partial charge in [0.15, 0.2) is 5.16 Å². The van der Waals surface area contributed by atoms with Gasteiger partial charge in [-0.15, -0.1) is 0 Å². The lowest BCUT2D eigenvalue weighted by Gasteiger charge is -2.34. The fourth-order valence-corrected chi connectivity index (χ4v) is 3.97. The van der Waals surface area contributed by atoms with Crippen molar-refractivity contribution < 1.29 is 9.59 Å². The molecule has 1 fully saturated rings. The van der Waals surface area contributed by atoms with Gasteiger partial charge in [-0.2, -0.15) is 5.26 Å². The zero-order valence-corrected chi connectivity index (χ0v) is 15.5. The second-order valence-electron chi connectivity index (χ2n) is 6.12. The zero-order valence-electron chi connectivity index (χ0n) is 14.7. The summed E-state index contributed by atoms with van der Waals surface area (Å²) in [6.45, 7) is 4.44. The molecule has 8 heteroatoms. The summed E-state index contributed by atoms with van der Waals surface area (Å²) in [6, 6.07) is 9.95. The quantitative estimate of drug-likeness (QED) is 0.748. The van der Waals surface area contributed by atoms with Crippen molar-refractivity contribution in [3.63, 3.8) is 0 Å². The Morgan fingerprint density at radius 3 is 2.58 bits per heavy atom. The van der Waals surface area contributed by atoms with E-state index < -0.39 is 0 Å². The largest absolute Gasteiger partial charge is 0.339 e. The first-order valence-corrected chi connectivity index (χ1v) is 9.57. The normalized spacial score (nSPS) is 14.5. The van der Waals surface area contributed by atoms with Crippen LogP contribution in [0.4, 0.5) is 0 Å². The van der Waals surface area contributed by atoms with Crippen LogP contribution in [0.2, 0.25) is 0 Å². The molecule has 2 amide bonds. The molecule has 7 nitrogen and oxygen atoms in total. The Morgan fingerprint density at radius 2 is 1.88 bits per heavy atom. The number of hydrogen-bond donors (Lipinski definition) is 0. The van der Waals surface area contributed by atoms with Crippen LogP contribution in [0.25, 0.3) is 11.0 Å². The molecule has 1 aliphatic rings. The molecule has 136 valence electrons. The highest BCUT2D eigenvalue weighted by atomic mass is 32.2. The van der Waals surface area contributed by atoms with E-state index in [2.05, 4.69) is 11.1 Å². The third-order valence-electron chi connectivity index (χ3n) is 4.47. The van der Waals surface area contributed by atoms with E-state index in [9.17, 15) is 9.59 Å². The van der Waals surface area contributed by atoms with Gasteiger partial charge < -0.3 is 14.4 Å². The van der Waals surface area contributed by atoms with E-state index in [1.165, 1.54) is 11.8 Å². The Labute approximate surface area is 156 Å². The summed E-state index contributed by atoms with van der Waals surface area (Å²) in [6.07, 6.45) is 0.398. The molecule has 0 bridgehead atoms. The maximum absolute atomic E-state index is 12.5. The van der Waals surface area contributed by atoms with Gasteiger partial charge in [0.1, 0.15) is 0 Å². The smallest absolute Gasteiger partial charge is 0.233 e. The van der Waals surface area contributed by atoms with Gasteiger partial charge >= 0.3 is 0 Å².